The second-order valence-corrected chi connectivity index (χ2v) is 6.54. The Morgan fingerprint density at radius 2 is 1.93 bits per heavy atom. The van der Waals surface area contributed by atoms with Gasteiger partial charge in [-0.25, -0.2) is 4.39 Å². The fourth-order valence-electron chi connectivity index (χ4n) is 2.57. The topological polar surface area (TPSA) is 89.8 Å². The van der Waals surface area contributed by atoms with Gasteiger partial charge < -0.3 is 4.74 Å². The number of benzene rings is 2. The van der Waals surface area contributed by atoms with Crippen LogP contribution in [0, 0.1) is 15.9 Å². The molecular formula is C18H13FN2O5S. The van der Waals surface area contributed by atoms with Crippen LogP contribution < -0.4 is 4.74 Å². The minimum atomic E-state index is -0.587. The van der Waals surface area contributed by atoms with Crippen molar-refractivity contribution in [1.82, 2.24) is 4.90 Å². The van der Waals surface area contributed by atoms with Crippen LogP contribution in [0.25, 0.3) is 6.08 Å². The summed E-state index contributed by atoms with van der Waals surface area (Å²) >= 11 is 0.732. The van der Waals surface area contributed by atoms with Crippen molar-refractivity contribution in [2.24, 2.45) is 0 Å². The van der Waals surface area contributed by atoms with Crippen LogP contribution in [0.15, 0.2) is 47.4 Å². The standard InChI is InChI=1S/C18H13FN2O5S/c1-26-16-12(3-2-4-14(16)21(24)25)9-15-17(22)20(18(23)27-15)10-11-5-7-13(19)8-6-11/h2-9H,10H2,1H3/b15-9-. The van der Waals surface area contributed by atoms with E-state index in [4.69, 9.17) is 4.74 Å². The first-order valence-electron chi connectivity index (χ1n) is 7.72. The molecule has 2 aromatic carbocycles. The summed E-state index contributed by atoms with van der Waals surface area (Å²) in [6.07, 6.45) is 1.39. The molecule has 1 fully saturated rings. The summed E-state index contributed by atoms with van der Waals surface area (Å²) < 4.78 is 18.1. The van der Waals surface area contributed by atoms with Gasteiger partial charge in [0, 0.05) is 11.6 Å². The first-order valence-corrected chi connectivity index (χ1v) is 8.53. The predicted molar refractivity (Wildman–Crippen MR) is 97.6 cm³/mol. The van der Waals surface area contributed by atoms with Gasteiger partial charge in [-0.05, 0) is 35.5 Å². The molecule has 0 aliphatic carbocycles. The molecule has 0 saturated carbocycles. The number of methoxy groups -OCH3 is 1. The maximum Gasteiger partial charge on any atom is 0.311 e. The molecule has 1 heterocycles. The van der Waals surface area contributed by atoms with E-state index in [1.807, 2.05) is 0 Å². The molecule has 138 valence electrons. The molecular weight excluding hydrogens is 375 g/mol. The van der Waals surface area contributed by atoms with Gasteiger partial charge in [-0.2, -0.15) is 0 Å². The second-order valence-electron chi connectivity index (χ2n) is 5.55. The van der Waals surface area contributed by atoms with E-state index in [0.717, 1.165) is 16.7 Å². The Morgan fingerprint density at radius 3 is 2.56 bits per heavy atom. The number of ether oxygens (including phenoxy) is 1. The highest BCUT2D eigenvalue weighted by Crippen LogP contribution is 2.37. The van der Waals surface area contributed by atoms with Crippen molar-refractivity contribution in [1.29, 1.82) is 0 Å². The zero-order chi connectivity index (χ0) is 19.6. The van der Waals surface area contributed by atoms with Crippen LogP contribution in [-0.4, -0.2) is 28.1 Å². The Hall–Kier alpha value is -3.20. The number of rotatable bonds is 5. The molecule has 0 unspecified atom stereocenters. The molecule has 0 spiro atoms. The van der Waals surface area contributed by atoms with Crippen molar-refractivity contribution in [3.05, 3.63) is 74.4 Å². The predicted octanol–water partition coefficient (Wildman–Crippen LogP) is 3.98. The Bertz CT molecular complexity index is 959. The van der Waals surface area contributed by atoms with E-state index in [-0.39, 0.29) is 22.9 Å². The summed E-state index contributed by atoms with van der Waals surface area (Å²) in [7, 11) is 1.29. The van der Waals surface area contributed by atoms with E-state index in [1.165, 1.54) is 49.6 Å². The molecule has 7 nitrogen and oxygen atoms in total. The van der Waals surface area contributed by atoms with Crippen molar-refractivity contribution >= 4 is 34.7 Å². The van der Waals surface area contributed by atoms with Crippen LogP contribution in [0.4, 0.5) is 14.9 Å². The lowest BCUT2D eigenvalue weighted by atomic mass is 10.1. The largest absolute Gasteiger partial charge is 0.490 e. The van der Waals surface area contributed by atoms with Crippen molar-refractivity contribution in [3.63, 3.8) is 0 Å². The number of amides is 2. The van der Waals surface area contributed by atoms with Gasteiger partial charge in [0.1, 0.15) is 5.82 Å². The lowest BCUT2D eigenvalue weighted by Gasteiger charge is -2.12. The Labute approximate surface area is 157 Å². The molecule has 2 amide bonds. The van der Waals surface area contributed by atoms with E-state index in [1.54, 1.807) is 6.07 Å². The maximum atomic E-state index is 13.0. The van der Waals surface area contributed by atoms with Gasteiger partial charge in [0.15, 0.2) is 0 Å². The molecule has 2 aromatic rings. The third kappa shape index (κ3) is 3.82. The molecule has 1 aliphatic rings. The third-order valence-corrected chi connectivity index (χ3v) is 4.75. The Morgan fingerprint density at radius 1 is 1.22 bits per heavy atom. The Kier molecular flexibility index (Phi) is 5.22. The lowest BCUT2D eigenvalue weighted by Crippen LogP contribution is -2.27. The molecule has 0 N–H and O–H groups in total. The normalized spacial score (nSPS) is 15.5. The van der Waals surface area contributed by atoms with Crippen LogP contribution >= 0.6 is 11.8 Å². The summed E-state index contributed by atoms with van der Waals surface area (Å²) in [4.78, 5) is 36.5. The van der Waals surface area contributed by atoms with Gasteiger partial charge in [0.05, 0.1) is 23.5 Å². The van der Waals surface area contributed by atoms with Crippen LogP contribution in [-0.2, 0) is 11.3 Å². The highest BCUT2D eigenvalue weighted by molar-refractivity contribution is 8.18. The number of para-hydroxylation sites is 1. The van der Waals surface area contributed by atoms with E-state index >= 15 is 0 Å². The lowest BCUT2D eigenvalue weighted by molar-refractivity contribution is -0.385. The number of thioether (sulfide) groups is 1. The number of carbonyl (C=O) groups is 2. The van der Waals surface area contributed by atoms with Crippen molar-refractivity contribution in [2.75, 3.05) is 7.11 Å². The number of nitrogens with zero attached hydrogens (tertiary/aromatic N) is 2. The molecule has 0 atom stereocenters. The second kappa shape index (κ2) is 7.58. The molecule has 0 bridgehead atoms. The van der Waals surface area contributed by atoms with Crippen LogP contribution in [0.1, 0.15) is 11.1 Å². The van der Waals surface area contributed by atoms with Crippen molar-refractivity contribution in [3.8, 4) is 5.75 Å². The highest BCUT2D eigenvalue weighted by Gasteiger charge is 2.35. The monoisotopic (exact) mass is 388 g/mol. The van der Waals surface area contributed by atoms with Crippen LogP contribution in [0.3, 0.4) is 0 Å². The molecule has 1 aliphatic heterocycles. The third-order valence-electron chi connectivity index (χ3n) is 3.84. The number of nitro benzene ring substituents is 1. The number of nitro groups is 1. The first-order chi connectivity index (χ1) is 12.9. The molecule has 0 radical (unpaired) electrons. The first kappa shape index (κ1) is 18.6. The summed E-state index contributed by atoms with van der Waals surface area (Å²) in [6, 6.07) is 9.79. The minimum Gasteiger partial charge on any atom is -0.490 e. The van der Waals surface area contributed by atoms with Crippen molar-refractivity contribution < 1.29 is 23.6 Å². The molecule has 27 heavy (non-hydrogen) atoms. The highest BCUT2D eigenvalue weighted by atomic mass is 32.2. The zero-order valence-electron chi connectivity index (χ0n) is 14.0. The van der Waals surface area contributed by atoms with Crippen molar-refractivity contribution in [2.45, 2.75) is 6.54 Å². The molecule has 1 saturated heterocycles. The molecule has 3 rings (SSSR count). The van der Waals surface area contributed by atoms with Gasteiger partial charge in [-0.15, -0.1) is 0 Å². The fourth-order valence-corrected chi connectivity index (χ4v) is 3.40. The van der Waals surface area contributed by atoms with Crippen LogP contribution in [0.5, 0.6) is 5.75 Å². The summed E-state index contributed by atoms with van der Waals surface area (Å²) in [5.74, 6) is -0.929. The quantitative estimate of drug-likeness (QED) is 0.437. The van der Waals surface area contributed by atoms with Gasteiger partial charge in [-0.3, -0.25) is 24.6 Å². The van der Waals surface area contributed by atoms with E-state index in [0.29, 0.717) is 11.1 Å². The number of carbonyl (C=O) groups excluding carboxylic acids is 2. The number of halogens is 1. The van der Waals surface area contributed by atoms with Gasteiger partial charge in [-0.1, -0.05) is 24.3 Å². The van der Waals surface area contributed by atoms with E-state index in [9.17, 15) is 24.1 Å². The summed E-state index contributed by atoms with van der Waals surface area (Å²) in [6.45, 7) is 0.00829. The molecule has 9 heteroatoms. The molecule has 0 aromatic heterocycles. The summed E-state index contributed by atoms with van der Waals surface area (Å²) in [5, 5.41) is 10.6. The number of hydrogen-bond acceptors (Lipinski definition) is 6. The van der Waals surface area contributed by atoms with Gasteiger partial charge >= 0.3 is 5.69 Å². The zero-order valence-corrected chi connectivity index (χ0v) is 14.9. The number of hydrogen-bond donors (Lipinski definition) is 0. The Balaban J connectivity index is 1.89. The van der Waals surface area contributed by atoms with Gasteiger partial charge in [0.25, 0.3) is 11.1 Å². The van der Waals surface area contributed by atoms with E-state index < -0.39 is 21.9 Å². The average molecular weight is 388 g/mol. The van der Waals surface area contributed by atoms with Crippen LogP contribution in [0.2, 0.25) is 0 Å². The number of imide groups is 1. The van der Waals surface area contributed by atoms with Gasteiger partial charge in [0.2, 0.25) is 5.75 Å². The maximum absolute atomic E-state index is 13.0. The van der Waals surface area contributed by atoms with E-state index in [2.05, 4.69) is 0 Å². The summed E-state index contributed by atoms with van der Waals surface area (Å²) in [5.41, 5.74) is 0.684. The SMILES string of the molecule is COc1c(/C=C2\SC(=O)N(Cc3ccc(F)cc3)C2=O)cccc1[N+](=O)[O-]. The minimum absolute atomic E-state index is 0.00725. The average Bonchev–Trinajstić information content (AvgIpc) is 2.90. The fraction of sp³-hybridized carbons (Fsp3) is 0.111. The smallest absolute Gasteiger partial charge is 0.311 e.